The minimum Gasteiger partial charge on any atom is -0.481 e. The van der Waals surface area contributed by atoms with Gasteiger partial charge in [-0.15, -0.1) is 0 Å². The summed E-state index contributed by atoms with van der Waals surface area (Å²) in [5.41, 5.74) is 0. The van der Waals surface area contributed by atoms with Crippen molar-refractivity contribution in [1.82, 2.24) is 10.6 Å². The van der Waals surface area contributed by atoms with Crippen molar-refractivity contribution >= 4 is 12.0 Å². The number of aliphatic carboxylic acids is 1. The van der Waals surface area contributed by atoms with E-state index in [1.165, 1.54) is 0 Å². The molecular weight excluding hydrogens is 272 g/mol. The molecule has 122 valence electrons. The number of methoxy groups -OCH3 is 1. The zero-order chi connectivity index (χ0) is 15.8. The predicted molar refractivity (Wildman–Crippen MR) is 80.1 cm³/mol. The Morgan fingerprint density at radius 3 is 2.33 bits per heavy atom. The standard InChI is InChI=1S/C15H28N2O4/c1-10(2)13(9-21-3)17-15(20)16-8-11-4-6-12(7-5-11)14(18)19/h10-13H,4-9H2,1-3H3,(H,18,19)(H2,16,17,20). The molecule has 1 saturated carbocycles. The van der Waals surface area contributed by atoms with Crippen molar-refractivity contribution in [2.75, 3.05) is 20.3 Å². The lowest BCUT2D eigenvalue weighted by atomic mass is 9.82. The average Bonchev–Trinajstić information content (AvgIpc) is 2.45. The molecule has 0 radical (unpaired) electrons. The number of nitrogens with one attached hydrogen (secondary N) is 2. The second kappa shape index (κ2) is 8.87. The molecule has 1 fully saturated rings. The minimum absolute atomic E-state index is 0.00209. The van der Waals surface area contributed by atoms with Crippen LogP contribution in [0.15, 0.2) is 0 Å². The van der Waals surface area contributed by atoms with Gasteiger partial charge in [-0.2, -0.15) is 0 Å². The molecule has 3 N–H and O–H groups in total. The van der Waals surface area contributed by atoms with Crippen molar-refractivity contribution in [3.8, 4) is 0 Å². The lowest BCUT2D eigenvalue weighted by molar-refractivity contribution is -0.143. The summed E-state index contributed by atoms with van der Waals surface area (Å²) in [6.07, 6.45) is 3.15. The Labute approximate surface area is 126 Å². The Balaban J connectivity index is 2.26. The van der Waals surface area contributed by atoms with Gasteiger partial charge in [0.05, 0.1) is 18.6 Å². The molecule has 6 nitrogen and oxygen atoms in total. The first-order valence-corrected chi connectivity index (χ1v) is 7.70. The molecule has 0 heterocycles. The fourth-order valence-electron chi connectivity index (χ4n) is 2.65. The largest absolute Gasteiger partial charge is 0.481 e. The molecule has 1 aliphatic carbocycles. The molecule has 1 unspecified atom stereocenters. The number of hydrogen-bond donors (Lipinski definition) is 3. The van der Waals surface area contributed by atoms with Gasteiger partial charge in [0.25, 0.3) is 0 Å². The third kappa shape index (κ3) is 6.33. The number of hydrogen-bond acceptors (Lipinski definition) is 3. The lowest BCUT2D eigenvalue weighted by Gasteiger charge is -2.27. The van der Waals surface area contributed by atoms with Crippen LogP contribution in [0.1, 0.15) is 39.5 Å². The average molecular weight is 300 g/mol. The number of carboxylic acid groups (broad SMARTS) is 1. The molecule has 1 rings (SSSR count). The summed E-state index contributed by atoms with van der Waals surface area (Å²) in [4.78, 5) is 22.8. The second-order valence-electron chi connectivity index (χ2n) is 6.22. The fraction of sp³-hybridized carbons (Fsp3) is 0.867. The monoisotopic (exact) mass is 300 g/mol. The number of carbonyl (C=O) groups is 2. The number of amides is 2. The highest BCUT2D eigenvalue weighted by molar-refractivity contribution is 5.74. The van der Waals surface area contributed by atoms with E-state index in [4.69, 9.17) is 9.84 Å². The maximum Gasteiger partial charge on any atom is 0.315 e. The van der Waals surface area contributed by atoms with Crippen molar-refractivity contribution in [2.45, 2.75) is 45.6 Å². The summed E-state index contributed by atoms with van der Waals surface area (Å²) in [7, 11) is 1.62. The van der Waals surface area contributed by atoms with E-state index in [1.54, 1.807) is 7.11 Å². The molecule has 2 amide bonds. The smallest absolute Gasteiger partial charge is 0.315 e. The molecule has 0 aromatic carbocycles. The fourth-order valence-corrected chi connectivity index (χ4v) is 2.65. The molecule has 6 heteroatoms. The topological polar surface area (TPSA) is 87.7 Å². The van der Waals surface area contributed by atoms with E-state index < -0.39 is 5.97 Å². The van der Waals surface area contributed by atoms with Crippen molar-refractivity contribution in [2.24, 2.45) is 17.8 Å². The Morgan fingerprint density at radius 2 is 1.86 bits per heavy atom. The van der Waals surface area contributed by atoms with Crippen LogP contribution >= 0.6 is 0 Å². The van der Waals surface area contributed by atoms with E-state index in [1.807, 2.05) is 13.8 Å². The normalized spacial score (nSPS) is 23.6. The molecule has 0 bridgehead atoms. The zero-order valence-electron chi connectivity index (χ0n) is 13.2. The van der Waals surface area contributed by atoms with Gasteiger partial charge in [0.1, 0.15) is 0 Å². The first-order valence-electron chi connectivity index (χ1n) is 7.70. The Kier molecular flexibility index (Phi) is 7.50. The summed E-state index contributed by atoms with van der Waals surface area (Å²) in [6.45, 7) is 5.18. The Hall–Kier alpha value is -1.30. The molecule has 0 aromatic heterocycles. The summed E-state index contributed by atoms with van der Waals surface area (Å²) in [6, 6.07) is -0.177. The highest BCUT2D eigenvalue weighted by Crippen LogP contribution is 2.28. The summed E-state index contributed by atoms with van der Waals surface area (Å²) < 4.78 is 5.10. The van der Waals surface area contributed by atoms with Crippen LogP contribution in [0.4, 0.5) is 4.79 Å². The van der Waals surface area contributed by atoms with E-state index in [2.05, 4.69) is 10.6 Å². The predicted octanol–water partition coefficient (Wildman–Crippen LogP) is 1.85. The van der Waals surface area contributed by atoms with Crippen LogP contribution in [0.25, 0.3) is 0 Å². The van der Waals surface area contributed by atoms with Gasteiger partial charge >= 0.3 is 12.0 Å². The van der Waals surface area contributed by atoms with Crippen LogP contribution in [0.5, 0.6) is 0 Å². The lowest BCUT2D eigenvalue weighted by Crippen LogP contribution is -2.47. The van der Waals surface area contributed by atoms with Gasteiger partial charge in [0, 0.05) is 13.7 Å². The number of carbonyl (C=O) groups excluding carboxylic acids is 1. The molecule has 0 aliphatic heterocycles. The van der Waals surface area contributed by atoms with Crippen LogP contribution < -0.4 is 10.6 Å². The maximum atomic E-state index is 11.9. The van der Waals surface area contributed by atoms with Gasteiger partial charge in [-0.1, -0.05) is 13.8 Å². The SMILES string of the molecule is COCC(NC(=O)NCC1CCC(C(=O)O)CC1)C(C)C. The summed E-state index contributed by atoms with van der Waals surface area (Å²) >= 11 is 0. The van der Waals surface area contributed by atoms with Crippen molar-refractivity contribution in [1.29, 1.82) is 0 Å². The number of rotatable bonds is 7. The zero-order valence-corrected chi connectivity index (χ0v) is 13.2. The molecule has 0 spiro atoms. The quantitative estimate of drug-likeness (QED) is 0.669. The molecule has 0 aromatic rings. The van der Waals surface area contributed by atoms with Gasteiger partial charge in [0.2, 0.25) is 0 Å². The second-order valence-corrected chi connectivity index (χ2v) is 6.22. The molecular formula is C15H28N2O4. The summed E-state index contributed by atoms with van der Waals surface area (Å²) in [5.74, 6) is -0.214. The Morgan fingerprint density at radius 1 is 1.24 bits per heavy atom. The van der Waals surface area contributed by atoms with Gasteiger partial charge in [-0.25, -0.2) is 4.79 Å². The van der Waals surface area contributed by atoms with Crippen LogP contribution in [-0.2, 0) is 9.53 Å². The highest BCUT2D eigenvalue weighted by Gasteiger charge is 2.26. The van der Waals surface area contributed by atoms with E-state index >= 15 is 0 Å². The third-order valence-corrected chi connectivity index (χ3v) is 4.21. The number of ether oxygens (including phenoxy) is 1. The van der Waals surface area contributed by atoms with E-state index in [9.17, 15) is 9.59 Å². The number of carboxylic acids is 1. The van der Waals surface area contributed by atoms with E-state index in [0.29, 0.717) is 37.8 Å². The number of urea groups is 1. The van der Waals surface area contributed by atoms with E-state index in [0.717, 1.165) is 12.8 Å². The van der Waals surface area contributed by atoms with Gasteiger partial charge in [-0.3, -0.25) is 4.79 Å². The highest BCUT2D eigenvalue weighted by atomic mass is 16.5. The molecule has 0 saturated heterocycles. The van der Waals surface area contributed by atoms with Crippen LogP contribution in [0.3, 0.4) is 0 Å². The van der Waals surface area contributed by atoms with Gasteiger partial charge in [-0.05, 0) is 37.5 Å². The van der Waals surface area contributed by atoms with Crippen molar-refractivity contribution in [3.05, 3.63) is 0 Å². The van der Waals surface area contributed by atoms with Crippen LogP contribution in [-0.4, -0.2) is 43.4 Å². The maximum absolute atomic E-state index is 11.9. The third-order valence-electron chi connectivity index (χ3n) is 4.21. The van der Waals surface area contributed by atoms with Crippen molar-refractivity contribution in [3.63, 3.8) is 0 Å². The molecule has 1 atom stereocenters. The minimum atomic E-state index is -0.696. The van der Waals surface area contributed by atoms with Crippen LogP contribution in [0.2, 0.25) is 0 Å². The molecule has 1 aliphatic rings. The summed E-state index contributed by atoms with van der Waals surface area (Å²) in [5, 5.41) is 14.8. The van der Waals surface area contributed by atoms with Gasteiger partial charge in [0.15, 0.2) is 0 Å². The van der Waals surface area contributed by atoms with Crippen LogP contribution in [0, 0.1) is 17.8 Å². The first kappa shape index (κ1) is 17.8. The first-order chi connectivity index (χ1) is 9.93. The van der Waals surface area contributed by atoms with Crippen molar-refractivity contribution < 1.29 is 19.4 Å². The van der Waals surface area contributed by atoms with E-state index in [-0.39, 0.29) is 18.0 Å². The Bertz CT molecular complexity index is 339. The van der Waals surface area contributed by atoms with Gasteiger partial charge < -0.3 is 20.5 Å². The molecule has 21 heavy (non-hydrogen) atoms.